The van der Waals surface area contributed by atoms with Crippen LogP contribution in [-0.4, -0.2) is 24.8 Å². The van der Waals surface area contributed by atoms with Crippen LogP contribution in [0.2, 0.25) is 0 Å². The van der Waals surface area contributed by atoms with Crippen molar-refractivity contribution in [1.29, 1.82) is 0 Å². The lowest BCUT2D eigenvalue weighted by atomic mass is 9.94. The average molecular weight is 418 g/mol. The molecule has 8 heteroatoms. The topological polar surface area (TPSA) is 50.8 Å². The molecule has 0 unspecified atom stereocenters. The molecule has 1 aliphatic heterocycles. The molecule has 152 valence electrons. The van der Waals surface area contributed by atoms with Crippen molar-refractivity contribution < 1.29 is 23.0 Å². The van der Waals surface area contributed by atoms with Gasteiger partial charge in [0.15, 0.2) is 5.11 Å². The van der Waals surface area contributed by atoms with Crippen LogP contribution in [0.3, 0.4) is 0 Å². The fourth-order valence-electron chi connectivity index (χ4n) is 3.26. The number of esters is 1. The minimum absolute atomic E-state index is 0.0971. The third-order valence-electron chi connectivity index (χ3n) is 4.57. The average Bonchev–Trinajstić information content (AvgIpc) is 2.68. The van der Waals surface area contributed by atoms with Gasteiger partial charge in [-0.2, -0.15) is 0 Å². The van der Waals surface area contributed by atoms with E-state index in [-0.39, 0.29) is 16.2 Å². The molecule has 0 radical (unpaired) electrons. The number of nitrogens with one attached hydrogen (secondary N) is 1. The minimum atomic E-state index is -0.908. The predicted molar refractivity (Wildman–Crippen MR) is 110 cm³/mol. The predicted octanol–water partition coefficient (Wildman–Crippen LogP) is 4.25. The Bertz CT molecular complexity index is 976. The maximum Gasteiger partial charge on any atom is 0.337 e. The molecule has 1 atom stereocenters. The molecular weight excluding hydrogens is 398 g/mol. The second kappa shape index (κ2) is 8.57. The van der Waals surface area contributed by atoms with E-state index >= 15 is 0 Å². The number of hydrogen-bond acceptors (Lipinski definition) is 4. The lowest BCUT2D eigenvalue weighted by Crippen LogP contribution is -2.48. The minimum Gasteiger partial charge on any atom is -0.494 e. The number of halogens is 2. The molecule has 2 aromatic rings. The number of carbonyl (C=O) groups is 1. The number of nitrogens with zero attached hydrogens (tertiary/aromatic N) is 1. The number of methoxy groups -OCH3 is 1. The summed E-state index contributed by atoms with van der Waals surface area (Å²) in [7, 11) is 1.24. The summed E-state index contributed by atoms with van der Waals surface area (Å²) < 4.78 is 38.2. The first-order valence-electron chi connectivity index (χ1n) is 8.94. The van der Waals surface area contributed by atoms with E-state index in [0.717, 1.165) is 12.1 Å². The highest BCUT2D eigenvalue weighted by atomic mass is 32.1. The molecule has 0 spiro atoms. The van der Waals surface area contributed by atoms with E-state index in [4.69, 9.17) is 21.7 Å². The van der Waals surface area contributed by atoms with Crippen LogP contribution in [0.1, 0.15) is 25.5 Å². The summed E-state index contributed by atoms with van der Waals surface area (Å²) in [4.78, 5) is 14.2. The summed E-state index contributed by atoms with van der Waals surface area (Å²) in [5.41, 5.74) is 1.46. The Labute approximate surface area is 172 Å². The Balaban J connectivity index is 2.09. The number of allylic oxidation sites excluding steroid dienone is 1. The molecule has 0 saturated heterocycles. The molecule has 0 amide bonds. The number of thiocarbonyl (C=S) groups is 1. The summed E-state index contributed by atoms with van der Waals surface area (Å²) in [6.07, 6.45) is 0. The van der Waals surface area contributed by atoms with E-state index in [9.17, 15) is 13.6 Å². The normalized spacial score (nSPS) is 16.5. The molecule has 0 bridgehead atoms. The van der Waals surface area contributed by atoms with Crippen LogP contribution in [-0.2, 0) is 9.53 Å². The largest absolute Gasteiger partial charge is 0.494 e. The first kappa shape index (κ1) is 20.7. The molecule has 1 heterocycles. The van der Waals surface area contributed by atoms with E-state index < -0.39 is 23.6 Å². The van der Waals surface area contributed by atoms with Gasteiger partial charge >= 0.3 is 5.97 Å². The van der Waals surface area contributed by atoms with Crippen molar-refractivity contribution in [2.75, 3.05) is 18.6 Å². The number of benzene rings is 2. The van der Waals surface area contributed by atoms with Crippen LogP contribution in [0, 0.1) is 11.6 Å². The summed E-state index contributed by atoms with van der Waals surface area (Å²) in [5.74, 6) is -1.43. The molecule has 0 fully saturated rings. The van der Waals surface area contributed by atoms with Crippen LogP contribution >= 0.6 is 12.2 Å². The maximum atomic E-state index is 14.4. The summed E-state index contributed by atoms with van der Waals surface area (Å²) in [6, 6.07) is 9.46. The van der Waals surface area contributed by atoms with E-state index in [1.54, 1.807) is 36.1 Å². The number of ether oxygens (including phenoxy) is 2. The van der Waals surface area contributed by atoms with Crippen molar-refractivity contribution >= 4 is 29.0 Å². The number of anilines is 1. The zero-order valence-corrected chi connectivity index (χ0v) is 17.0. The maximum absolute atomic E-state index is 14.4. The van der Waals surface area contributed by atoms with Crippen molar-refractivity contribution in [3.8, 4) is 5.75 Å². The van der Waals surface area contributed by atoms with E-state index in [2.05, 4.69) is 5.32 Å². The van der Waals surface area contributed by atoms with Gasteiger partial charge in [0.25, 0.3) is 0 Å². The molecule has 0 saturated carbocycles. The van der Waals surface area contributed by atoms with Crippen LogP contribution in [0.25, 0.3) is 0 Å². The van der Waals surface area contributed by atoms with Gasteiger partial charge in [0, 0.05) is 23.0 Å². The Hall–Kier alpha value is -3.00. The lowest BCUT2D eigenvalue weighted by molar-refractivity contribution is -0.136. The standard InChI is InChI=1S/C21H20F2N2O3S/c1-4-28-15-8-6-14(7-9-15)25-12(2)18(20(26)27-3)19(24-21(25)29)16-10-5-13(22)11-17(16)23/h5-11,19H,4H2,1-3H3,(H,24,29)/t19-/m0/s1. The molecule has 0 aliphatic carbocycles. The molecule has 2 aromatic carbocycles. The van der Waals surface area contributed by atoms with E-state index in [1.807, 2.05) is 6.92 Å². The van der Waals surface area contributed by atoms with Crippen molar-refractivity contribution in [2.24, 2.45) is 0 Å². The zero-order chi connectivity index (χ0) is 21.1. The van der Waals surface area contributed by atoms with Gasteiger partial charge in [0.05, 0.1) is 25.3 Å². The number of hydrogen-bond donors (Lipinski definition) is 1. The van der Waals surface area contributed by atoms with Gasteiger partial charge in [-0.3, -0.25) is 4.90 Å². The summed E-state index contributed by atoms with van der Waals surface area (Å²) >= 11 is 5.49. The van der Waals surface area contributed by atoms with Crippen LogP contribution in [0.4, 0.5) is 14.5 Å². The Morgan fingerprint density at radius 3 is 2.48 bits per heavy atom. The Morgan fingerprint density at radius 2 is 1.90 bits per heavy atom. The highest BCUT2D eigenvalue weighted by Crippen LogP contribution is 2.35. The van der Waals surface area contributed by atoms with Gasteiger partial charge < -0.3 is 14.8 Å². The Morgan fingerprint density at radius 1 is 1.21 bits per heavy atom. The van der Waals surface area contributed by atoms with Crippen molar-refractivity contribution in [3.63, 3.8) is 0 Å². The zero-order valence-electron chi connectivity index (χ0n) is 16.2. The fourth-order valence-corrected chi connectivity index (χ4v) is 3.62. The van der Waals surface area contributed by atoms with Gasteiger partial charge in [-0.15, -0.1) is 0 Å². The van der Waals surface area contributed by atoms with Gasteiger partial charge in [-0.25, -0.2) is 13.6 Å². The summed E-state index contributed by atoms with van der Waals surface area (Å²) in [5, 5.41) is 3.25. The second-order valence-electron chi connectivity index (χ2n) is 6.30. The SMILES string of the molecule is CCOc1ccc(N2C(=S)N[C@@H](c3ccc(F)cc3F)C(C(=O)OC)=C2C)cc1. The van der Waals surface area contributed by atoms with E-state index in [1.165, 1.54) is 13.2 Å². The lowest BCUT2D eigenvalue weighted by Gasteiger charge is -2.37. The van der Waals surface area contributed by atoms with Crippen molar-refractivity contribution in [1.82, 2.24) is 5.32 Å². The number of carbonyl (C=O) groups excluding carboxylic acids is 1. The molecule has 1 aliphatic rings. The van der Waals surface area contributed by atoms with Crippen LogP contribution in [0.15, 0.2) is 53.7 Å². The summed E-state index contributed by atoms with van der Waals surface area (Å²) in [6.45, 7) is 4.13. The highest BCUT2D eigenvalue weighted by Gasteiger charge is 2.36. The first-order chi connectivity index (χ1) is 13.9. The van der Waals surface area contributed by atoms with Gasteiger partial charge in [0.2, 0.25) is 0 Å². The van der Waals surface area contributed by atoms with Crippen molar-refractivity contribution in [2.45, 2.75) is 19.9 Å². The molecule has 29 heavy (non-hydrogen) atoms. The van der Waals surface area contributed by atoms with Crippen LogP contribution < -0.4 is 15.0 Å². The van der Waals surface area contributed by atoms with Gasteiger partial charge in [0.1, 0.15) is 17.4 Å². The monoisotopic (exact) mass is 418 g/mol. The van der Waals surface area contributed by atoms with Gasteiger partial charge in [-0.05, 0) is 56.4 Å². The van der Waals surface area contributed by atoms with Crippen molar-refractivity contribution in [3.05, 3.63) is 70.9 Å². The molecule has 3 rings (SSSR count). The number of rotatable bonds is 5. The van der Waals surface area contributed by atoms with E-state index in [0.29, 0.717) is 23.7 Å². The van der Waals surface area contributed by atoms with Crippen LogP contribution in [0.5, 0.6) is 5.75 Å². The molecule has 0 aromatic heterocycles. The van der Waals surface area contributed by atoms with Gasteiger partial charge in [-0.1, -0.05) is 6.07 Å². The quantitative estimate of drug-likeness (QED) is 0.579. The fraction of sp³-hybridized carbons (Fsp3) is 0.238. The third-order valence-corrected chi connectivity index (χ3v) is 4.87. The third kappa shape index (κ3) is 4.07. The Kier molecular flexibility index (Phi) is 6.12. The first-order valence-corrected chi connectivity index (χ1v) is 9.35. The smallest absolute Gasteiger partial charge is 0.337 e. The molecule has 1 N–H and O–H groups in total. The highest BCUT2D eigenvalue weighted by molar-refractivity contribution is 7.80. The molecular formula is C21H20F2N2O3S. The second-order valence-corrected chi connectivity index (χ2v) is 6.69. The molecule has 5 nitrogen and oxygen atoms in total.